The summed E-state index contributed by atoms with van der Waals surface area (Å²) in [5, 5.41) is 71.5. The molecule has 0 saturated heterocycles. The Morgan fingerprint density at radius 1 is 0.933 bits per heavy atom. The molecule has 0 spiro atoms. The first kappa shape index (κ1) is 35.2. The number of nitrogens with two attached hydrogens (primary N) is 1. The summed E-state index contributed by atoms with van der Waals surface area (Å²) in [7, 11) is 3.01. The molecule has 0 heterocycles. The van der Waals surface area contributed by atoms with Gasteiger partial charge in [-0.1, -0.05) is 31.4 Å². The Hall–Kier alpha value is -4.27. The summed E-state index contributed by atoms with van der Waals surface area (Å²) >= 11 is 0. The third kappa shape index (κ3) is 6.44. The molecule has 1 amide bonds. The van der Waals surface area contributed by atoms with E-state index >= 15 is 0 Å². The van der Waals surface area contributed by atoms with E-state index < -0.39 is 86.9 Å². The summed E-state index contributed by atoms with van der Waals surface area (Å²) < 4.78 is 0. The van der Waals surface area contributed by atoms with Crippen molar-refractivity contribution in [3.8, 4) is 5.75 Å². The average molecular weight is 633 g/mol. The van der Waals surface area contributed by atoms with Crippen molar-refractivity contribution in [1.82, 2.24) is 4.90 Å². The number of amides is 1. The van der Waals surface area contributed by atoms with E-state index in [0.29, 0.717) is 12.8 Å². The van der Waals surface area contributed by atoms with Gasteiger partial charge < -0.3 is 41.5 Å². The van der Waals surface area contributed by atoms with Gasteiger partial charge in [-0.25, -0.2) is 0 Å². The molecule has 0 aromatic heterocycles. The molecule has 1 saturated carbocycles. The van der Waals surface area contributed by atoms with E-state index in [1.54, 1.807) is 0 Å². The third-order valence-electron chi connectivity index (χ3n) is 8.80. The zero-order valence-electron chi connectivity index (χ0n) is 25.3. The Morgan fingerprint density at radius 3 is 1.96 bits per heavy atom. The third-order valence-corrected chi connectivity index (χ3v) is 8.80. The van der Waals surface area contributed by atoms with Gasteiger partial charge in [0.1, 0.15) is 22.8 Å². The number of carbonyl (C=O) groups is 5. The Morgan fingerprint density at radius 2 is 1.47 bits per heavy atom. The monoisotopic (exact) mass is 632 g/mol. The maximum absolute atomic E-state index is 13.7. The normalized spacial score (nSPS) is 27.3. The first-order valence-electron chi connectivity index (χ1n) is 14.5. The number of phenols is 1. The van der Waals surface area contributed by atoms with Gasteiger partial charge >= 0.3 is 11.9 Å². The lowest BCUT2D eigenvalue weighted by molar-refractivity contribution is -0.159. The first-order chi connectivity index (χ1) is 20.9. The largest absolute Gasteiger partial charge is 0.508 e. The van der Waals surface area contributed by atoms with Gasteiger partial charge in [0, 0.05) is 30.3 Å². The zero-order chi connectivity index (χ0) is 34.0. The Bertz CT molecular complexity index is 1440. The SMILES string of the molecule is CN(C)[C@@H]1C(=O)C(C(N)=O)=C(O)[C@@]2(O)C(=O)C3=C(O)c4c(O)cccc4[C@@](C)(O)[C@H]3C[C@@H]12.O=C(O)CCCCCCCC(=O)O. The Labute approximate surface area is 259 Å². The molecule has 1 aromatic rings. The highest BCUT2D eigenvalue weighted by molar-refractivity contribution is 6.24. The maximum atomic E-state index is 13.7. The lowest BCUT2D eigenvalue weighted by atomic mass is 9.54. The Kier molecular flexibility index (Phi) is 10.5. The van der Waals surface area contributed by atoms with Crippen LogP contribution < -0.4 is 5.73 Å². The summed E-state index contributed by atoms with van der Waals surface area (Å²) in [5.41, 5.74) is -0.548. The highest BCUT2D eigenvalue weighted by Gasteiger charge is 2.66. The van der Waals surface area contributed by atoms with E-state index in [1.165, 1.54) is 44.1 Å². The first-order valence-corrected chi connectivity index (χ1v) is 14.5. The van der Waals surface area contributed by atoms with Crippen LogP contribution in [0, 0.1) is 11.8 Å². The molecule has 0 radical (unpaired) electrons. The predicted molar refractivity (Wildman–Crippen MR) is 158 cm³/mol. The van der Waals surface area contributed by atoms with E-state index in [0.717, 1.165) is 19.3 Å². The summed E-state index contributed by atoms with van der Waals surface area (Å²) in [6.45, 7) is 1.40. The minimum Gasteiger partial charge on any atom is -0.508 e. The molecule has 45 heavy (non-hydrogen) atoms. The van der Waals surface area contributed by atoms with Crippen molar-refractivity contribution in [2.45, 2.75) is 75.5 Å². The van der Waals surface area contributed by atoms with Crippen molar-refractivity contribution in [2.75, 3.05) is 14.1 Å². The number of fused-ring (bicyclic) bond motifs is 3. The van der Waals surface area contributed by atoms with Gasteiger partial charge in [0.15, 0.2) is 11.4 Å². The highest BCUT2D eigenvalue weighted by atomic mass is 16.4. The van der Waals surface area contributed by atoms with Gasteiger partial charge in [0.2, 0.25) is 5.78 Å². The van der Waals surface area contributed by atoms with E-state index in [2.05, 4.69) is 0 Å². The molecule has 246 valence electrons. The van der Waals surface area contributed by atoms with Crippen LogP contribution in [-0.4, -0.2) is 95.8 Å². The van der Waals surface area contributed by atoms with Crippen LogP contribution in [0.2, 0.25) is 0 Å². The molecule has 0 aliphatic heterocycles. The molecule has 3 aliphatic rings. The van der Waals surface area contributed by atoms with Crippen LogP contribution in [0.5, 0.6) is 5.75 Å². The summed E-state index contributed by atoms with van der Waals surface area (Å²) in [6.07, 6.45) is 4.33. The Balaban J connectivity index is 0.000000360. The number of carbonyl (C=O) groups excluding carboxylic acids is 3. The van der Waals surface area contributed by atoms with E-state index in [4.69, 9.17) is 15.9 Å². The molecule has 9 N–H and O–H groups in total. The number of aromatic hydroxyl groups is 1. The van der Waals surface area contributed by atoms with Gasteiger partial charge in [-0.3, -0.25) is 28.9 Å². The second-order valence-electron chi connectivity index (χ2n) is 12.0. The van der Waals surface area contributed by atoms with E-state index in [9.17, 15) is 49.5 Å². The lowest BCUT2D eigenvalue weighted by Crippen LogP contribution is -2.67. The second kappa shape index (κ2) is 13.4. The fraction of sp³-hybridized carbons (Fsp3) is 0.516. The summed E-state index contributed by atoms with van der Waals surface area (Å²) in [5.74, 6) is -9.42. The van der Waals surface area contributed by atoms with Crippen LogP contribution in [0.25, 0.3) is 5.76 Å². The molecule has 0 bridgehead atoms. The number of Topliss-reactive ketones (excluding diaryl/α,β-unsaturated/α-hetero) is 2. The average Bonchev–Trinajstić information content (AvgIpc) is 2.92. The number of unbranched alkanes of at least 4 members (excludes halogenated alkanes) is 4. The number of primary amides is 1. The van der Waals surface area contributed by atoms with E-state index in [1.807, 2.05) is 0 Å². The quantitative estimate of drug-likeness (QED) is 0.135. The van der Waals surface area contributed by atoms with E-state index in [-0.39, 0.29) is 30.4 Å². The van der Waals surface area contributed by atoms with Crippen molar-refractivity contribution in [3.05, 3.63) is 46.2 Å². The van der Waals surface area contributed by atoms with Crippen molar-refractivity contribution in [2.24, 2.45) is 17.6 Å². The molecule has 5 atom stereocenters. The number of rotatable bonds is 10. The second-order valence-corrected chi connectivity index (χ2v) is 12.0. The van der Waals surface area contributed by atoms with Crippen molar-refractivity contribution in [3.63, 3.8) is 0 Å². The van der Waals surface area contributed by atoms with Gasteiger partial charge in [-0.05, 0) is 51.9 Å². The standard InChI is InChI=1S/C22H24N2O8.C9H16O4/c1-21(31)8-5-4-6-11(25)12(8)16(26)13-9(21)7-10-15(24(2)3)17(27)14(20(23)30)19(29)22(10,32)18(13)28;10-8(11)6-4-2-1-3-5-7-9(12)13/h4-6,9-10,15,25-26,29,31-32H,7H2,1-3H3,(H2,23,30);1-7H2,(H,10,11)(H,12,13)/t9-,10-,15-,21+,22-;/m0./s1. The van der Waals surface area contributed by atoms with Crippen molar-refractivity contribution in [1.29, 1.82) is 0 Å². The van der Waals surface area contributed by atoms with Crippen LogP contribution in [0.1, 0.15) is 69.4 Å². The van der Waals surface area contributed by atoms with Gasteiger partial charge in [0.25, 0.3) is 5.91 Å². The van der Waals surface area contributed by atoms with Crippen LogP contribution in [0.3, 0.4) is 0 Å². The molecule has 14 nitrogen and oxygen atoms in total. The molecule has 1 aromatic carbocycles. The number of nitrogens with zero attached hydrogens (tertiary/aromatic N) is 1. The molecule has 14 heteroatoms. The van der Waals surface area contributed by atoms with Crippen molar-refractivity contribution < 1.29 is 59.7 Å². The van der Waals surface area contributed by atoms with Crippen LogP contribution in [0.4, 0.5) is 0 Å². The van der Waals surface area contributed by atoms with Gasteiger partial charge in [-0.2, -0.15) is 0 Å². The minimum atomic E-state index is -2.75. The number of carboxylic acid groups (broad SMARTS) is 2. The highest BCUT2D eigenvalue weighted by Crippen LogP contribution is 2.57. The molecule has 0 unspecified atom stereocenters. The van der Waals surface area contributed by atoms with Gasteiger partial charge in [0.05, 0.1) is 17.2 Å². The fourth-order valence-electron chi connectivity index (χ4n) is 6.58. The maximum Gasteiger partial charge on any atom is 0.303 e. The smallest absolute Gasteiger partial charge is 0.303 e. The lowest BCUT2D eigenvalue weighted by Gasteiger charge is -2.53. The summed E-state index contributed by atoms with van der Waals surface area (Å²) in [6, 6.07) is 3.02. The van der Waals surface area contributed by atoms with Crippen LogP contribution >= 0.6 is 0 Å². The molecule has 4 rings (SSSR count). The number of hydrogen-bond donors (Lipinski definition) is 8. The number of aliphatic hydroxyl groups is 4. The minimum absolute atomic E-state index is 0.170. The number of aliphatic hydroxyl groups excluding tert-OH is 2. The molecule has 1 fully saturated rings. The molecule has 3 aliphatic carbocycles. The topological polar surface area (TPSA) is 256 Å². The number of carboxylic acids is 2. The number of hydrogen-bond acceptors (Lipinski definition) is 11. The van der Waals surface area contributed by atoms with Crippen LogP contribution in [0.15, 0.2) is 35.1 Å². The van der Waals surface area contributed by atoms with Crippen molar-refractivity contribution >= 4 is 35.2 Å². The number of ketones is 2. The zero-order valence-corrected chi connectivity index (χ0v) is 25.3. The van der Waals surface area contributed by atoms with Gasteiger partial charge in [-0.15, -0.1) is 0 Å². The number of likely N-dealkylation sites (N-methyl/N-ethyl adjacent to an activating group) is 1. The molecular weight excluding hydrogens is 592 g/mol. The number of aliphatic carboxylic acids is 2. The fourth-order valence-corrected chi connectivity index (χ4v) is 6.58. The predicted octanol–water partition coefficient (Wildman–Crippen LogP) is 1.52. The molecular formula is C31H40N2O12. The van der Waals surface area contributed by atoms with Crippen LogP contribution in [-0.2, 0) is 29.6 Å². The number of benzene rings is 1. The number of phenolic OH excluding ortho intramolecular Hbond substituents is 1. The summed E-state index contributed by atoms with van der Waals surface area (Å²) in [4.78, 5) is 60.2.